The van der Waals surface area contributed by atoms with E-state index in [1.165, 1.54) is 23.1 Å². The Labute approximate surface area is 204 Å². The summed E-state index contributed by atoms with van der Waals surface area (Å²) in [5.74, 6) is 0.360. The number of para-hydroxylation sites is 1. The molecule has 11 heteroatoms. The van der Waals surface area contributed by atoms with Gasteiger partial charge in [-0.2, -0.15) is 0 Å². The van der Waals surface area contributed by atoms with Crippen LogP contribution in [0, 0.1) is 6.92 Å². The van der Waals surface area contributed by atoms with Crippen LogP contribution in [0.1, 0.15) is 16.2 Å². The standard InChI is InChI=1S/C23H21N5O4S2/c1-14-26-27-23(33-3)28(14)16-10-8-15(9-11-16)21(30)32-12-20(29)25-22-24-18(13-34-22)17-6-4-5-7-19(17)31-2/h4-11,13H,12H2,1-3H3,(H,24,25,29). The number of rotatable bonds is 8. The van der Waals surface area contributed by atoms with Crippen molar-refractivity contribution in [1.29, 1.82) is 0 Å². The van der Waals surface area contributed by atoms with Gasteiger partial charge in [0, 0.05) is 16.6 Å². The van der Waals surface area contributed by atoms with E-state index in [4.69, 9.17) is 9.47 Å². The quantitative estimate of drug-likeness (QED) is 0.286. The molecule has 4 rings (SSSR count). The number of anilines is 1. The normalized spacial score (nSPS) is 10.7. The van der Waals surface area contributed by atoms with Gasteiger partial charge in [0.25, 0.3) is 5.91 Å². The van der Waals surface area contributed by atoms with Gasteiger partial charge in [-0.15, -0.1) is 21.5 Å². The molecule has 1 N–H and O–H groups in total. The van der Waals surface area contributed by atoms with Crippen molar-refractivity contribution in [2.75, 3.05) is 25.3 Å². The Morgan fingerprint density at radius 3 is 2.62 bits per heavy atom. The SMILES string of the molecule is COc1ccccc1-c1csc(NC(=O)COC(=O)c2ccc(-n3c(C)nnc3SC)cc2)n1. The van der Waals surface area contributed by atoms with Gasteiger partial charge in [-0.1, -0.05) is 23.9 Å². The lowest BCUT2D eigenvalue weighted by Crippen LogP contribution is -2.20. The van der Waals surface area contributed by atoms with E-state index in [1.54, 1.807) is 31.4 Å². The summed E-state index contributed by atoms with van der Waals surface area (Å²) in [5, 5.41) is 13.8. The summed E-state index contributed by atoms with van der Waals surface area (Å²) in [6.07, 6.45) is 1.92. The Morgan fingerprint density at radius 2 is 1.88 bits per heavy atom. The van der Waals surface area contributed by atoms with Crippen LogP contribution in [0.2, 0.25) is 0 Å². The lowest BCUT2D eigenvalue weighted by atomic mass is 10.1. The summed E-state index contributed by atoms with van der Waals surface area (Å²) < 4.78 is 12.4. The minimum atomic E-state index is -0.596. The summed E-state index contributed by atoms with van der Waals surface area (Å²) in [4.78, 5) is 29.1. The van der Waals surface area contributed by atoms with Crippen LogP contribution in [0.4, 0.5) is 5.13 Å². The number of methoxy groups -OCH3 is 1. The fourth-order valence-corrected chi connectivity index (χ4v) is 4.47. The minimum absolute atomic E-state index is 0.334. The number of benzene rings is 2. The van der Waals surface area contributed by atoms with Gasteiger partial charge in [0.05, 0.1) is 18.4 Å². The fourth-order valence-electron chi connectivity index (χ4n) is 3.20. The molecular weight excluding hydrogens is 474 g/mol. The number of thioether (sulfide) groups is 1. The van der Waals surface area contributed by atoms with Gasteiger partial charge < -0.3 is 9.47 Å². The van der Waals surface area contributed by atoms with Crippen molar-refractivity contribution in [1.82, 2.24) is 19.7 Å². The number of nitrogens with one attached hydrogen (secondary N) is 1. The Balaban J connectivity index is 1.34. The van der Waals surface area contributed by atoms with Crippen LogP contribution in [0.25, 0.3) is 16.9 Å². The molecule has 0 unspecified atom stereocenters. The Morgan fingerprint density at radius 1 is 1.12 bits per heavy atom. The third kappa shape index (κ3) is 5.10. The molecule has 0 radical (unpaired) electrons. The largest absolute Gasteiger partial charge is 0.496 e. The number of amides is 1. The highest BCUT2D eigenvalue weighted by Crippen LogP contribution is 2.31. The van der Waals surface area contributed by atoms with Crippen LogP contribution in [-0.4, -0.2) is 51.6 Å². The highest BCUT2D eigenvalue weighted by Gasteiger charge is 2.15. The second-order valence-corrected chi connectivity index (χ2v) is 8.61. The van der Waals surface area contributed by atoms with E-state index >= 15 is 0 Å². The first kappa shape index (κ1) is 23.5. The number of hydrogen-bond donors (Lipinski definition) is 1. The van der Waals surface area contributed by atoms with Gasteiger partial charge in [0.2, 0.25) is 0 Å². The number of nitrogens with zero attached hydrogens (tertiary/aromatic N) is 4. The molecule has 1 amide bonds. The smallest absolute Gasteiger partial charge is 0.338 e. The van der Waals surface area contributed by atoms with Crippen molar-refractivity contribution in [2.45, 2.75) is 12.1 Å². The molecule has 0 bridgehead atoms. The van der Waals surface area contributed by atoms with E-state index in [2.05, 4.69) is 20.5 Å². The summed E-state index contributed by atoms with van der Waals surface area (Å²) in [6, 6.07) is 14.3. The van der Waals surface area contributed by atoms with Crippen molar-refractivity contribution in [2.24, 2.45) is 0 Å². The van der Waals surface area contributed by atoms with Crippen molar-refractivity contribution in [3.05, 3.63) is 65.3 Å². The molecule has 2 aromatic heterocycles. The monoisotopic (exact) mass is 495 g/mol. The summed E-state index contributed by atoms with van der Waals surface area (Å²) >= 11 is 2.75. The molecule has 0 saturated carbocycles. The Bertz CT molecular complexity index is 1320. The fraction of sp³-hybridized carbons (Fsp3) is 0.174. The van der Waals surface area contributed by atoms with Gasteiger partial charge in [-0.05, 0) is 49.6 Å². The zero-order chi connectivity index (χ0) is 24.1. The molecule has 0 aliphatic heterocycles. The first-order chi connectivity index (χ1) is 16.5. The molecule has 174 valence electrons. The molecule has 9 nitrogen and oxygen atoms in total. The molecule has 0 spiro atoms. The van der Waals surface area contributed by atoms with Crippen LogP contribution < -0.4 is 10.1 Å². The summed E-state index contributed by atoms with van der Waals surface area (Å²) in [7, 11) is 1.59. The Kier molecular flexibility index (Phi) is 7.24. The van der Waals surface area contributed by atoms with E-state index in [0.717, 1.165) is 22.2 Å². The topological polar surface area (TPSA) is 108 Å². The third-order valence-electron chi connectivity index (χ3n) is 4.81. The van der Waals surface area contributed by atoms with Gasteiger partial charge >= 0.3 is 5.97 Å². The molecule has 4 aromatic rings. The van der Waals surface area contributed by atoms with Crippen LogP contribution >= 0.6 is 23.1 Å². The number of esters is 1. The lowest BCUT2D eigenvalue weighted by molar-refractivity contribution is -0.119. The number of ether oxygens (including phenoxy) is 2. The average molecular weight is 496 g/mol. The van der Waals surface area contributed by atoms with E-state index < -0.39 is 18.5 Å². The molecular formula is C23H21N5O4S2. The molecule has 0 saturated heterocycles. The molecule has 0 aliphatic carbocycles. The second kappa shape index (κ2) is 10.5. The van der Waals surface area contributed by atoms with Crippen LogP contribution in [-0.2, 0) is 9.53 Å². The maximum Gasteiger partial charge on any atom is 0.338 e. The average Bonchev–Trinajstić information content (AvgIpc) is 3.48. The summed E-state index contributed by atoms with van der Waals surface area (Å²) in [5.41, 5.74) is 2.67. The number of hydrogen-bond acceptors (Lipinski definition) is 9. The van der Waals surface area contributed by atoms with Crippen LogP contribution in [0.5, 0.6) is 5.75 Å². The van der Waals surface area contributed by atoms with Crippen LogP contribution in [0.15, 0.2) is 59.1 Å². The highest BCUT2D eigenvalue weighted by atomic mass is 32.2. The minimum Gasteiger partial charge on any atom is -0.496 e. The number of aryl methyl sites for hydroxylation is 1. The third-order valence-corrected chi connectivity index (χ3v) is 6.19. The Hall–Kier alpha value is -3.70. The first-order valence-electron chi connectivity index (χ1n) is 10.1. The zero-order valence-electron chi connectivity index (χ0n) is 18.6. The zero-order valence-corrected chi connectivity index (χ0v) is 20.3. The number of carbonyl (C=O) groups excluding carboxylic acids is 2. The lowest BCUT2D eigenvalue weighted by Gasteiger charge is -2.08. The van der Waals surface area contributed by atoms with Gasteiger partial charge in [-0.3, -0.25) is 14.7 Å². The predicted octanol–water partition coefficient (Wildman–Crippen LogP) is 4.23. The van der Waals surface area contributed by atoms with Crippen molar-refractivity contribution in [3.63, 3.8) is 0 Å². The number of aromatic nitrogens is 4. The maximum atomic E-state index is 12.4. The maximum absolute atomic E-state index is 12.4. The first-order valence-corrected chi connectivity index (χ1v) is 12.2. The number of thiazole rings is 1. The molecule has 2 heterocycles. The highest BCUT2D eigenvalue weighted by molar-refractivity contribution is 7.98. The van der Waals surface area contributed by atoms with Gasteiger partial charge in [-0.25, -0.2) is 9.78 Å². The van der Waals surface area contributed by atoms with Gasteiger partial charge in [0.1, 0.15) is 11.6 Å². The van der Waals surface area contributed by atoms with Gasteiger partial charge in [0.15, 0.2) is 16.9 Å². The molecule has 0 atom stereocenters. The van der Waals surface area contributed by atoms with E-state index in [0.29, 0.717) is 22.1 Å². The molecule has 2 aromatic carbocycles. The molecule has 0 fully saturated rings. The predicted molar refractivity (Wildman–Crippen MR) is 131 cm³/mol. The van der Waals surface area contributed by atoms with E-state index in [9.17, 15) is 9.59 Å². The van der Waals surface area contributed by atoms with Crippen molar-refractivity contribution < 1.29 is 19.1 Å². The van der Waals surface area contributed by atoms with Crippen LogP contribution in [0.3, 0.4) is 0 Å². The number of carbonyl (C=O) groups is 2. The summed E-state index contributed by atoms with van der Waals surface area (Å²) in [6.45, 7) is 1.43. The van der Waals surface area contributed by atoms with E-state index in [1.807, 2.05) is 47.4 Å². The van der Waals surface area contributed by atoms with Crippen molar-refractivity contribution in [3.8, 4) is 22.7 Å². The molecule has 0 aliphatic rings. The molecule has 34 heavy (non-hydrogen) atoms. The van der Waals surface area contributed by atoms with E-state index in [-0.39, 0.29) is 0 Å². The second-order valence-electron chi connectivity index (χ2n) is 6.98. The van der Waals surface area contributed by atoms with Crippen molar-refractivity contribution >= 4 is 40.1 Å².